The van der Waals surface area contributed by atoms with Crippen molar-refractivity contribution in [1.82, 2.24) is 14.5 Å². The number of hydrogen-bond donors (Lipinski definition) is 1. The quantitative estimate of drug-likeness (QED) is 0.327. The molecule has 40 heavy (non-hydrogen) atoms. The number of hydrogen-bond acceptors (Lipinski definition) is 6. The van der Waals surface area contributed by atoms with Gasteiger partial charge in [0.25, 0.3) is 0 Å². The Morgan fingerprint density at radius 2 is 2.08 bits per heavy atom. The summed E-state index contributed by atoms with van der Waals surface area (Å²) in [6.07, 6.45) is 1.44. The Bertz CT molecular complexity index is 1640. The zero-order chi connectivity index (χ0) is 27.8. The number of fused-ring (bicyclic) bond motifs is 2. The molecule has 0 radical (unpaired) electrons. The third kappa shape index (κ3) is 5.16. The number of carboxylic acid groups (broad SMARTS) is 1. The van der Waals surface area contributed by atoms with Crippen LogP contribution in [0.1, 0.15) is 57.9 Å². The lowest BCUT2D eigenvalue weighted by Crippen LogP contribution is -2.34. The van der Waals surface area contributed by atoms with Gasteiger partial charge in [-0.3, -0.25) is 4.90 Å². The Morgan fingerprint density at radius 1 is 1.23 bits per heavy atom. The zero-order valence-electron chi connectivity index (χ0n) is 22.1. The molecule has 0 spiro atoms. The highest BCUT2D eigenvalue weighted by atomic mass is 19.1. The number of aromatic nitrogens is 2. The largest absolute Gasteiger partial charge is 0.486 e. The maximum atomic E-state index is 14.5. The number of nitrogens with zero attached hydrogens (tertiary/aromatic N) is 4. The molecule has 3 aromatic carbocycles. The van der Waals surface area contributed by atoms with Crippen molar-refractivity contribution in [2.75, 3.05) is 13.2 Å². The van der Waals surface area contributed by atoms with Crippen molar-refractivity contribution in [3.63, 3.8) is 0 Å². The van der Waals surface area contributed by atoms with E-state index in [9.17, 15) is 14.3 Å². The third-order valence-electron chi connectivity index (χ3n) is 7.77. The molecule has 0 amide bonds. The fourth-order valence-corrected chi connectivity index (χ4v) is 5.46. The van der Waals surface area contributed by atoms with Gasteiger partial charge in [0.2, 0.25) is 0 Å². The summed E-state index contributed by atoms with van der Waals surface area (Å²) in [4.78, 5) is 18.8. The first kappa shape index (κ1) is 26.0. The molecule has 9 heteroatoms. The Balaban J connectivity index is 1.21. The van der Waals surface area contributed by atoms with Crippen LogP contribution >= 0.6 is 0 Å². The number of imidazole rings is 1. The van der Waals surface area contributed by atoms with Crippen molar-refractivity contribution in [1.29, 1.82) is 5.26 Å². The summed E-state index contributed by atoms with van der Waals surface area (Å²) in [7, 11) is 0. The molecule has 0 unspecified atom stereocenters. The monoisotopic (exact) mass is 540 g/mol. The second kappa shape index (κ2) is 10.7. The minimum Gasteiger partial charge on any atom is -0.486 e. The predicted octanol–water partition coefficient (Wildman–Crippen LogP) is 5.23. The fraction of sp³-hybridized carbons (Fsp3) is 0.323. The number of halogens is 1. The SMILES string of the molecule is C[C@@H](Oc1ccc2c(c1)CN(Cc1nc3ccc(C(=O)O)cc3n1C[C@@H]1CCO1)CC2)c1ccc(C#N)cc1F. The number of rotatable bonds is 8. The number of ether oxygens (including phenoxy) is 2. The third-order valence-corrected chi connectivity index (χ3v) is 7.77. The van der Waals surface area contributed by atoms with Gasteiger partial charge in [0, 0.05) is 25.3 Å². The van der Waals surface area contributed by atoms with Crippen molar-refractivity contribution in [3.8, 4) is 11.8 Å². The van der Waals surface area contributed by atoms with Crippen LogP contribution in [-0.2, 0) is 30.8 Å². The van der Waals surface area contributed by atoms with E-state index in [-0.39, 0.29) is 17.2 Å². The molecule has 0 bridgehead atoms. The number of aromatic carboxylic acids is 1. The summed E-state index contributed by atoms with van der Waals surface area (Å²) in [5.41, 5.74) is 4.90. The van der Waals surface area contributed by atoms with Crippen LogP contribution < -0.4 is 4.74 Å². The molecule has 1 fully saturated rings. The standard InChI is InChI=1S/C31H29FN4O4/c1-19(26-6-2-20(15-33)12-27(26)32)40-24-5-3-21-8-10-35(16-23(21)13-24)18-30-34-28-7-4-22(31(37)38)14-29(28)36(30)17-25-9-11-39-25/h2-7,12-14,19,25H,8-11,16-18H2,1H3,(H,37,38)/t19-,25+/m1/s1. The zero-order valence-corrected chi connectivity index (χ0v) is 22.1. The highest BCUT2D eigenvalue weighted by molar-refractivity contribution is 5.92. The van der Waals surface area contributed by atoms with Gasteiger partial charge in [0.15, 0.2) is 0 Å². The summed E-state index contributed by atoms with van der Waals surface area (Å²) < 4.78 is 28.4. The van der Waals surface area contributed by atoms with E-state index in [0.717, 1.165) is 48.4 Å². The topological polar surface area (TPSA) is 101 Å². The lowest BCUT2D eigenvalue weighted by Gasteiger charge is -2.31. The van der Waals surface area contributed by atoms with Gasteiger partial charge in [-0.2, -0.15) is 5.26 Å². The molecular formula is C31H29FN4O4. The minimum absolute atomic E-state index is 0.106. The van der Waals surface area contributed by atoms with E-state index in [1.807, 2.05) is 18.2 Å². The summed E-state index contributed by atoms with van der Waals surface area (Å²) in [6.45, 7) is 5.36. The molecule has 3 heterocycles. The Morgan fingerprint density at radius 3 is 2.80 bits per heavy atom. The van der Waals surface area contributed by atoms with Gasteiger partial charge in [-0.05, 0) is 73.4 Å². The minimum atomic E-state index is -0.960. The van der Waals surface area contributed by atoms with Gasteiger partial charge in [0.1, 0.15) is 23.5 Å². The first-order chi connectivity index (χ1) is 19.4. The molecule has 2 aliphatic heterocycles. The van der Waals surface area contributed by atoms with Crippen LogP contribution in [0.4, 0.5) is 4.39 Å². The van der Waals surface area contributed by atoms with Crippen LogP contribution in [0, 0.1) is 17.1 Å². The summed E-state index contributed by atoms with van der Waals surface area (Å²) >= 11 is 0. The molecular weight excluding hydrogens is 511 g/mol. The summed E-state index contributed by atoms with van der Waals surface area (Å²) in [5, 5.41) is 18.5. The molecule has 0 saturated carbocycles. The smallest absolute Gasteiger partial charge is 0.335 e. The van der Waals surface area contributed by atoms with E-state index in [2.05, 4.69) is 15.5 Å². The number of carbonyl (C=O) groups is 1. The number of carboxylic acids is 1. The normalized spacial score (nSPS) is 17.6. The van der Waals surface area contributed by atoms with E-state index < -0.39 is 17.9 Å². The van der Waals surface area contributed by atoms with E-state index in [1.54, 1.807) is 37.3 Å². The van der Waals surface area contributed by atoms with Crippen LogP contribution in [0.3, 0.4) is 0 Å². The predicted molar refractivity (Wildman–Crippen MR) is 145 cm³/mol. The van der Waals surface area contributed by atoms with E-state index in [1.165, 1.54) is 11.6 Å². The molecule has 1 saturated heterocycles. The van der Waals surface area contributed by atoms with E-state index in [0.29, 0.717) is 30.9 Å². The van der Waals surface area contributed by atoms with Crippen LogP contribution in [0.2, 0.25) is 0 Å². The number of benzene rings is 3. The van der Waals surface area contributed by atoms with Gasteiger partial charge in [-0.15, -0.1) is 0 Å². The Hall–Kier alpha value is -4.26. The summed E-state index contributed by atoms with van der Waals surface area (Å²) in [5.74, 6) is 0.126. The molecule has 2 atom stereocenters. The van der Waals surface area contributed by atoms with E-state index >= 15 is 0 Å². The van der Waals surface area contributed by atoms with Crippen LogP contribution in [0.5, 0.6) is 5.75 Å². The molecule has 0 aliphatic carbocycles. The highest BCUT2D eigenvalue weighted by Gasteiger charge is 2.25. The molecule has 204 valence electrons. The second-order valence-electron chi connectivity index (χ2n) is 10.4. The van der Waals surface area contributed by atoms with Crippen molar-refractivity contribution in [3.05, 3.63) is 94.1 Å². The number of nitriles is 1. The molecule has 1 aromatic heterocycles. The van der Waals surface area contributed by atoms with Crippen molar-refractivity contribution < 1.29 is 23.8 Å². The molecule has 8 nitrogen and oxygen atoms in total. The Labute approximate surface area is 231 Å². The maximum absolute atomic E-state index is 14.5. The lowest BCUT2D eigenvalue weighted by atomic mass is 9.99. The van der Waals surface area contributed by atoms with Gasteiger partial charge < -0.3 is 19.1 Å². The van der Waals surface area contributed by atoms with Gasteiger partial charge in [-0.25, -0.2) is 14.2 Å². The summed E-state index contributed by atoms with van der Waals surface area (Å²) in [6, 6.07) is 17.4. The van der Waals surface area contributed by atoms with Crippen molar-refractivity contribution in [2.24, 2.45) is 0 Å². The highest BCUT2D eigenvalue weighted by Crippen LogP contribution is 2.30. The Kier molecular flexibility index (Phi) is 6.96. The average molecular weight is 541 g/mol. The first-order valence-electron chi connectivity index (χ1n) is 13.4. The first-order valence-corrected chi connectivity index (χ1v) is 13.4. The maximum Gasteiger partial charge on any atom is 0.335 e. The average Bonchev–Trinajstić information content (AvgIpc) is 3.26. The van der Waals surface area contributed by atoms with Gasteiger partial charge >= 0.3 is 5.97 Å². The van der Waals surface area contributed by atoms with Crippen molar-refractivity contribution >= 4 is 17.0 Å². The molecule has 1 N–H and O–H groups in total. The molecule has 4 aromatic rings. The van der Waals surface area contributed by atoms with Gasteiger partial charge in [0.05, 0.1) is 47.4 Å². The van der Waals surface area contributed by atoms with Crippen LogP contribution in [-0.4, -0.2) is 44.8 Å². The van der Waals surface area contributed by atoms with Crippen LogP contribution in [0.15, 0.2) is 54.6 Å². The molecule has 2 aliphatic rings. The van der Waals surface area contributed by atoms with E-state index in [4.69, 9.17) is 19.7 Å². The lowest BCUT2D eigenvalue weighted by molar-refractivity contribution is -0.0592. The fourth-order valence-electron chi connectivity index (χ4n) is 5.46. The molecule has 6 rings (SSSR count). The van der Waals surface area contributed by atoms with Crippen molar-refractivity contribution in [2.45, 2.75) is 51.6 Å². The van der Waals surface area contributed by atoms with Gasteiger partial charge in [-0.1, -0.05) is 12.1 Å². The van der Waals surface area contributed by atoms with Crippen LogP contribution in [0.25, 0.3) is 11.0 Å². The second-order valence-corrected chi connectivity index (χ2v) is 10.4.